The molecule has 1 heterocycles. The number of nitrogens with zero attached hydrogens (tertiary/aromatic N) is 1. The van der Waals surface area contributed by atoms with Crippen LogP contribution in [-0.4, -0.2) is 41.2 Å². The molecule has 0 spiro atoms. The fourth-order valence-electron chi connectivity index (χ4n) is 6.34. The van der Waals surface area contributed by atoms with E-state index in [2.05, 4.69) is 5.32 Å². The Morgan fingerprint density at radius 2 is 1.28 bits per heavy atom. The molecule has 0 unspecified atom stereocenters. The number of likely N-dealkylation sites (tertiary alicyclic amines) is 1. The van der Waals surface area contributed by atoms with E-state index in [9.17, 15) is 19.2 Å². The molecule has 1 N–H and O–H groups in total. The van der Waals surface area contributed by atoms with Gasteiger partial charge in [0, 0.05) is 5.69 Å². The van der Waals surface area contributed by atoms with E-state index in [0.717, 1.165) is 4.90 Å². The van der Waals surface area contributed by atoms with E-state index in [4.69, 9.17) is 27.9 Å². The smallest absolute Gasteiger partial charge is 0.338 e. The molecular formula is C30H24Cl2N2O5. The molecule has 3 atom stereocenters. The summed E-state index contributed by atoms with van der Waals surface area (Å²) in [6.45, 7) is 3.46. The number of hydrogen-bond donors (Lipinski definition) is 1. The fourth-order valence-corrected chi connectivity index (χ4v) is 7.44. The minimum absolute atomic E-state index is 0.248. The van der Waals surface area contributed by atoms with Gasteiger partial charge in [0.15, 0.2) is 0 Å². The lowest BCUT2D eigenvalue weighted by Gasteiger charge is -2.54. The van der Waals surface area contributed by atoms with Gasteiger partial charge < -0.3 is 10.1 Å². The van der Waals surface area contributed by atoms with Gasteiger partial charge in [-0.25, -0.2) is 4.79 Å². The monoisotopic (exact) mass is 562 g/mol. The van der Waals surface area contributed by atoms with Crippen molar-refractivity contribution in [1.82, 2.24) is 4.90 Å². The minimum Gasteiger partial charge on any atom is -0.462 e. The Morgan fingerprint density at radius 3 is 1.69 bits per heavy atom. The predicted octanol–water partition coefficient (Wildman–Crippen LogP) is 4.78. The lowest BCUT2D eigenvalue weighted by atomic mass is 9.54. The number of carbonyl (C=O) groups is 4. The largest absolute Gasteiger partial charge is 0.462 e. The molecule has 9 heteroatoms. The molecule has 0 aromatic heterocycles. The Labute approximate surface area is 235 Å². The number of benzene rings is 3. The van der Waals surface area contributed by atoms with Crippen molar-refractivity contribution >= 4 is 52.6 Å². The van der Waals surface area contributed by atoms with E-state index in [-0.39, 0.29) is 6.61 Å². The van der Waals surface area contributed by atoms with Crippen LogP contribution >= 0.6 is 23.2 Å². The van der Waals surface area contributed by atoms with Crippen molar-refractivity contribution in [3.8, 4) is 0 Å². The molecule has 3 aromatic carbocycles. The summed E-state index contributed by atoms with van der Waals surface area (Å²) >= 11 is 14.9. The van der Waals surface area contributed by atoms with Gasteiger partial charge in [0.1, 0.15) is 15.8 Å². The second kappa shape index (κ2) is 8.93. The van der Waals surface area contributed by atoms with Crippen LogP contribution in [0.5, 0.6) is 0 Å². The minimum atomic E-state index is -1.31. The number of esters is 1. The zero-order valence-electron chi connectivity index (χ0n) is 21.1. The highest BCUT2D eigenvalue weighted by Gasteiger charge is 2.73. The molecule has 3 amide bonds. The van der Waals surface area contributed by atoms with E-state index in [0.29, 0.717) is 33.5 Å². The molecule has 0 saturated carbocycles. The van der Waals surface area contributed by atoms with Crippen molar-refractivity contribution in [3.05, 3.63) is 101 Å². The number of amides is 3. The quantitative estimate of drug-likeness (QED) is 0.274. The van der Waals surface area contributed by atoms with Crippen LogP contribution in [0.1, 0.15) is 46.5 Å². The van der Waals surface area contributed by atoms with Gasteiger partial charge in [0.25, 0.3) is 0 Å². The van der Waals surface area contributed by atoms with Gasteiger partial charge in [-0.2, -0.15) is 0 Å². The highest BCUT2D eigenvalue weighted by atomic mass is 35.5. The Balaban J connectivity index is 1.34. The van der Waals surface area contributed by atoms with Gasteiger partial charge in [-0.1, -0.05) is 48.5 Å². The molecule has 39 heavy (non-hydrogen) atoms. The number of nitrogens with one attached hydrogen (secondary N) is 1. The summed E-state index contributed by atoms with van der Waals surface area (Å²) < 4.78 is 4.98. The molecule has 1 saturated heterocycles. The van der Waals surface area contributed by atoms with Crippen molar-refractivity contribution in [2.75, 3.05) is 11.9 Å². The molecule has 4 aliphatic rings. The third-order valence-electron chi connectivity index (χ3n) is 8.05. The molecule has 2 bridgehead atoms. The Hall–Kier alpha value is -3.68. The van der Waals surface area contributed by atoms with Crippen LogP contribution in [0.15, 0.2) is 72.8 Å². The number of hydrogen-bond acceptors (Lipinski definition) is 5. The Kier molecular flexibility index (Phi) is 5.86. The fraction of sp³-hybridized carbons (Fsp3) is 0.267. The van der Waals surface area contributed by atoms with E-state index < -0.39 is 51.3 Å². The second-order valence-electron chi connectivity index (χ2n) is 9.98. The first-order valence-electron chi connectivity index (χ1n) is 12.7. The molecule has 3 aliphatic carbocycles. The van der Waals surface area contributed by atoms with Gasteiger partial charge in [0.2, 0.25) is 17.7 Å². The number of anilines is 1. The van der Waals surface area contributed by atoms with Crippen LogP contribution in [0.25, 0.3) is 0 Å². The van der Waals surface area contributed by atoms with Crippen LogP contribution < -0.4 is 5.32 Å². The number of imide groups is 1. The van der Waals surface area contributed by atoms with Gasteiger partial charge >= 0.3 is 5.97 Å². The molecule has 1 aliphatic heterocycles. The molecular weight excluding hydrogens is 539 g/mol. The Bertz CT molecular complexity index is 1430. The summed E-state index contributed by atoms with van der Waals surface area (Å²) in [6, 6.07) is 19.8. The maximum atomic E-state index is 14.0. The van der Waals surface area contributed by atoms with Crippen LogP contribution in [0.3, 0.4) is 0 Å². The maximum Gasteiger partial charge on any atom is 0.338 e. The third kappa shape index (κ3) is 3.36. The average Bonchev–Trinajstić information content (AvgIpc) is 3.22. The first-order valence-corrected chi connectivity index (χ1v) is 13.4. The summed E-state index contributed by atoms with van der Waals surface area (Å²) in [5, 5.41) is 2.73. The molecule has 7 nitrogen and oxygen atoms in total. The standard InChI is InChI=1S/C30H24Cl2N2O5/c1-3-39-28(38)17-12-14-18(15-13-17)33-25(35)16(2)34-26(36)23-24(27(34)37)30(32)20-9-5-4-8-19(20)29(23,31)21-10-6-7-11-22(21)30/h4-16,23-24H,3H2,1-2H3,(H,33,35)/t16-,23+,24+,29?,30?/m0/s1. The van der Waals surface area contributed by atoms with Crippen molar-refractivity contribution in [3.63, 3.8) is 0 Å². The lowest BCUT2D eigenvalue weighted by molar-refractivity contribution is -0.146. The number of carbonyl (C=O) groups excluding carboxylic acids is 4. The number of alkyl halides is 2. The first-order chi connectivity index (χ1) is 18.6. The van der Waals surface area contributed by atoms with Crippen molar-refractivity contribution in [2.45, 2.75) is 29.6 Å². The first kappa shape index (κ1) is 25.6. The molecule has 198 valence electrons. The van der Waals surface area contributed by atoms with Crippen molar-refractivity contribution in [2.24, 2.45) is 11.8 Å². The number of halogens is 2. The molecule has 7 rings (SSSR count). The summed E-state index contributed by atoms with van der Waals surface area (Å²) in [5.74, 6) is -4.06. The van der Waals surface area contributed by atoms with E-state index >= 15 is 0 Å². The normalized spacial score (nSPS) is 26.9. The summed E-state index contributed by atoms with van der Waals surface area (Å²) in [4.78, 5) is 51.6. The number of rotatable bonds is 5. The Morgan fingerprint density at radius 1 is 0.846 bits per heavy atom. The zero-order chi connectivity index (χ0) is 27.7. The van der Waals surface area contributed by atoms with Crippen molar-refractivity contribution in [1.29, 1.82) is 0 Å². The average molecular weight is 563 g/mol. The van der Waals surface area contributed by atoms with E-state index in [1.807, 2.05) is 48.5 Å². The van der Waals surface area contributed by atoms with Crippen LogP contribution in [0.2, 0.25) is 0 Å². The summed E-state index contributed by atoms with van der Waals surface area (Å²) in [6.07, 6.45) is 0. The van der Waals surface area contributed by atoms with Crippen molar-refractivity contribution < 1.29 is 23.9 Å². The predicted molar refractivity (Wildman–Crippen MR) is 145 cm³/mol. The number of ether oxygens (including phenoxy) is 1. The van der Waals surface area contributed by atoms with Crippen LogP contribution in [0.4, 0.5) is 5.69 Å². The highest BCUT2D eigenvalue weighted by Crippen LogP contribution is 2.69. The SMILES string of the molecule is CCOC(=O)c1ccc(NC(=O)[C@H](C)N2C(=O)[C@H]3[C@H](C2=O)C2(Cl)c4ccccc4C3(Cl)c3ccccc32)cc1. The highest BCUT2D eigenvalue weighted by molar-refractivity contribution is 6.36. The summed E-state index contributed by atoms with van der Waals surface area (Å²) in [7, 11) is 0. The van der Waals surface area contributed by atoms with Crippen LogP contribution in [-0.2, 0) is 28.9 Å². The maximum absolute atomic E-state index is 14.0. The lowest BCUT2D eigenvalue weighted by Crippen LogP contribution is -2.57. The zero-order valence-corrected chi connectivity index (χ0v) is 22.6. The van der Waals surface area contributed by atoms with Gasteiger partial charge in [-0.3, -0.25) is 19.3 Å². The van der Waals surface area contributed by atoms with Gasteiger partial charge in [0.05, 0.1) is 24.0 Å². The van der Waals surface area contributed by atoms with E-state index in [1.165, 1.54) is 19.1 Å². The van der Waals surface area contributed by atoms with E-state index in [1.54, 1.807) is 19.1 Å². The topological polar surface area (TPSA) is 92.8 Å². The third-order valence-corrected chi connectivity index (χ3v) is 9.33. The van der Waals surface area contributed by atoms with Gasteiger partial charge in [-0.05, 0) is 60.4 Å². The molecule has 3 aromatic rings. The summed E-state index contributed by atoms with van der Waals surface area (Å²) in [5.41, 5.74) is 3.53. The second-order valence-corrected chi connectivity index (χ2v) is 11.2. The van der Waals surface area contributed by atoms with Gasteiger partial charge in [-0.15, -0.1) is 23.2 Å². The molecule has 1 fully saturated rings. The van der Waals surface area contributed by atoms with Crippen LogP contribution in [0, 0.1) is 11.8 Å². The molecule has 0 radical (unpaired) electrons.